The Hall–Kier alpha value is -2.56. The molecule has 2 amide bonds. The van der Waals surface area contributed by atoms with E-state index in [1.165, 1.54) is 12.1 Å². The summed E-state index contributed by atoms with van der Waals surface area (Å²) in [6.07, 6.45) is 4.43. The van der Waals surface area contributed by atoms with E-state index in [0.717, 1.165) is 0 Å². The Morgan fingerprint density at radius 1 is 1.19 bits per heavy atom. The van der Waals surface area contributed by atoms with Crippen LogP contribution in [0.5, 0.6) is 0 Å². The van der Waals surface area contributed by atoms with E-state index < -0.39 is 4.92 Å². The van der Waals surface area contributed by atoms with Gasteiger partial charge in [0.1, 0.15) is 0 Å². The number of rotatable bonds is 4. The zero-order chi connectivity index (χ0) is 19.4. The molecule has 1 aromatic carbocycles. The van der Waals surface area contributed by atoms with Gasteiger partial charge in [0.2, 0.25) is 0 Å². The molecule has 140 valence electrons. The lowest BCUT2D eigenvalue weighted by molar-refractivity contribution is -0.384. The van der Waals surface area contributed by atoms with Gasteiger partial charge in [-0.05, 0) is 53.6 Å². The maximum Gasteiger partial charge on any atom is 0.270 e. The van der Waals surface area contributed by atoms with Crippen molar-refractivity contribution in [2.45, 2.75) is 18.9 Å². The zero-order valence-electron chi connectivity index (χ0n) is 14.3. The number of nitrogens with zero attached hydrogens (tertiary/aromatic N) is 3. The highest BCUT2D eigenvalue weighted by Gasteiger charge is 2.25. The number of likely N-dealkylation sites (tertiary alicyclic amines) is 1. The summed E-state index contributed by atoms with van der Waals surface area (Å²) in [6, 6.07) is 7.51. The largest absolute Gasteiger partial charge is 0.349 e. The van der Waals surface area contributed by atoms with E-state index in [-0.39, 0.29) is 23.5 Å². The molecule has 1 saturated heterocycles. The number of aromatic nitrogens is 1. The summed E-state index contributed by atoms with van der Waals surface area (Å²) in [5.41, 5.74) is 0.775. The minimum Gasteiger partial charge on any atom is -0.349 e. The summed E-state index contributed by atoms with van der Waals surface area (Å²) >= 11 is 1.99. The van der Waals surface area contributed by atoms with Crippen LogP contribution < -0.4 is 5.32 Å². The zero-order valence-corrected chi connectivity index (χ0v) is 16.5. The van der Waals surface area contributed by atoms with Crippen molar-refractivity contribution in [2.75, 3.05) is 13.1 Å². The van der Waals surface area contributed by atoms with Gasteiger partial charge in [-0.25, -0.2) is 0 Å². The fourth-order valence-corrected chi connectivity index (χ4v) is 3.55. The van der Waals surface area contributed by atoms with Crippen LogP contribution in [-0.2, 0) is 0 Å². The molecule has 0 saturated carbocycles. The first-order chi connectivity index (χ1) is 13.0. The van der Waals surface area contributed by atoms with Crippen LogP contribution in [0.1, 0.15) is 33.6 Å². The predicted molar refractivity (Wildman–Crippen MR) is 106 cm³/mol. The number of carbonyl (C=O) groups is 2. The highest BCUT2D eigenvalue weighted by Crippen LogP contribution is 2.20. The Labute approximate surface area is 169 Å². The van der Waals surface area contributed by atoms with Gasteiger partial charge in [0.25, 0.3) is 17.5 Å². The first kappa shape index (κ1) is 19.2. The molecular formula is C18H17IN4O4. The van der Waals surface area contributed by atoms with Crippen LogP contribution in [0.4, 0.5) is 5.69 Å². The monoisotopic (exact) mass is 480 g/mol. The third-order valence-electron chi connectivity index (χ3n) is 4.45. The molecule has 0 unspecified atom stereocenters. The normalized spacial score (nSPS) is 14.6. The van der Waals surface area contributed by atoms with Crippen LogP contribution in [0.15, 0.2) is 42.7 Å². The van der Waals surface area contributed by atoms with Crippen LogP contribution in [-0.4, -0.2) is 45.8 Å². The lowest BCUT2D eigenvalue weighted by Gasteiger charge is -2.32. The van der Waals surface area contributed by atoms with Crippen LogP contribution in [0.3, 0.4) is 0 Å². The van der Waals surface area contributed by atoms with Crippen LogP contribution in [0.25, 0.3) is 0 Å². The van der Waals surface area contributed by atoms with Gasteiger partial charge in [0.05, 0.1) is 10.5 Å². The standard InChI is InChI=1S/C18H17IN4O4/c19-16-2-1-14(23(26)27)11-15(16)17(24)21-13-5-9-22(10-6-13)18(25)12-3-7-20-8-4-12/h1-4,7-8,11,13H,5-6,9-10H2,(H,21,24). The molecule has 0 bridgehead atoms. The summed E-state index contributed by atoms with van der Waals surface area (Å²) in [6.45, 7) is 1.08. The Bertz CT molecular complexity index is 867. The van der Waals surface area contributed by atoms with E-state index in [4.69, 9.17) is 0 Å². The minimum absolute atomic E-state index is 0.0459. The van der Waals surface area contributed by atoms with Crippen molar-refractivity contribution in [1.82, 2.24) is 15.2 Å². The maximum absolute atomic E-state index is 12.5. The Morgan fingerprint density at radius 2 is 1.85 bits per heavy atom. The molecule has 1 aliphatic heterocycles. The van der Waals surface area contributed by atoms with Gasteiger partial charge >= 0.3 is 0 Å². The van der Waals surface area contributed by atoms with Crippen LogP contribution >= 0.6 is 22.6 Å². The van der Waals surface area contributed by atoms with E-state index in [9.17, 15) is 19.7 Å². The fraction of sp³-hybridized carbons (Fsp3) is 0.278. The van der Waals surface area contributed by atoms with Gasteiger partial charge in [-0.15, -0.1) is 0 Å². The first-order valence-electron chi connectivity index (χ1n) is 8.40. The third kappa shape index (κ3) is 4.59. The van der Waals surface area contributed by atoms with Crippen molar-refractivity contribution < 1.29 is 14.5 Å². The number of hydrogen-bond acceptors (Lipinski definition) is 5. The second-order valence-electron chi connectivity index (χ2n) is 6.20. The molecule has 0 aliphatic carbocycles. The van der Waals surface area contributed by atoms with Gasteiger partial charge in [-0.3, -0.25) is 24.7 Å². The van der Waals surface area contributed by atoms with Gasteiger partial charge < -0.3 is 10.2 Å². The molecule has 1 aromatic heterocycles. The summed E-state index contributed by atoms with van der Waals surface area (Å²) in [5.74, 6) is -0.377. The number of nitrogens with one attached hydrogen (secondary N) is 1. The van der Waals surface area contributed by atoms with E-state index in [1.807, 2.05) is 22.6 Å². The Kier molecular flexibility index (Phi) is 5.99. The number of amides is 2. The fourth-order valence-electron chi connectivity index (χ4n) is 2.97. The van der Waals surface area contributed by atoms with E-state index >= 15 is 0 Å². The average molecular weight is 480 g/mol. The number of non-ortho nitro benzene ring substituents is 1. The van der Waals surface area contributed by atoms with Crippen molar-refractivity contribution in [1.29, 1.82) is 0 Å². The molecule has 0 radical (unpaired) electrons. The summed E-state index contributed by atoms with van der Waals surface area (Å²) < 4.78 is 0.654. The van der Waals surface area contributed by atoms with Gasteiger partial charge in [0, 0.05) is 52.8 Å². The third-order valence-corrected chi connectivity index (χ3v) is 5.39. The van der Waals surface area contributed by atoms with Crippen molar-refractivity contribution in [3.8, 4) is 0 Å². The number of hydrogen-bond donors (Lipinski definition) is 1. The maximum atomic E-state index is 12.5. The molecule has 1 N–H and O–H groups in total. The second-order valence-corrected chi connectivity index (χ2v) is 7.36. The Morgan fingerprint density at radius 3 is 2.48 bits per heavy atom. The number of carbonyl (C=O) groups excluding carboxylic acids is 2. The highest BCUT2D eigenvalue weighted by molar-refractivity contribution is 14.1. The van der Waals surface area contributed by atoms with Crippen molar-refractivity contribution in [3.63, 3.8) is 0 Å². The number of benzene rings is 1. The van der Waals surface area contributed by atoms with Crippen LogP contribution in [0.2, 0.25) is 0 Å². The molecule has 1 fully saturated rings. The second kappa shape index (κ2) is 8.42. The number of nitro benzene ring substituents is 1. The predicted octanol–water partition coefficient (Wildman–Crippen LogP) is 2.63. The quantitative estimate of drug-likeness (QED) is 0.412. The molecule has 3 rings (SSSR count). The van der Waals surface area contributed by atoms with Crippen molar-refractivity contribution in [3.05, 3.63) is 67.5 Å². The smallest absolute Gasteiger partial charge is 0.270 e. The van der Waals surface area contributed by atoms with Gasteiger partial charge in [-0.1, -0.05) is 0 Å². The van der Waals surface area contributed by atoms with E-state index in [1.54, 1.807) is 35.5 Å². The average Bonchev–Trinajstić information content (AvgIpc) is 2.68. The van der Waals surface area contributed by atoms with Crippen molar-refractivity contribution >= 4 is 40.1 Å². The molecule has 2 heterocycles. The number of halogens is 1. The van der Waals surface area contributed by atoms with E-state index in [2.05, 4.69) is 10.3 Å². The number of pyridine rings is 1. The summed E-state index contributed by atoms with van der Waals surface area (Å²) in [7, 11) is 0. The molecule has 0 atom stereocenters. The number of nitro groups is 1. The topological polar surface area (TPSA) is 105 Å². The molecule has 9 heteroatoms. The SMILES string of the molecule is O=C(NC1CCN(C(=O)c2ccncc2)CC1)c1cc([N+](=O)[O-])ccc1I. The minimum atomic E-state index is -0.518. The van der Waals surface area contributed by atoms with Crippen LogP contribution in [0, 0.1) is 13.7 Å². The highest BCUT2D eigenvalue weighted by atomic mass is 127. The summed E-state index contributed by atoms with van der Waals surface area (Å²) in [4.78, 5) is 41.0. The first-order valence-corrected chi connectivity index (χ1v) is 9.47. The number of piperidine rings is 1. The van der Waals surface area contributed by atoms with Crippen molar-refractivity contribution in [2.24, 2.45) is 0 Å². The van der Waals surface area contributed by atoms with Gasteiger partial charge in [-0.2, -0.15) is 0 Å². The molecule has 8 nitrogen and oxygen atoms in total. The molecule has 27 heavy (non-hydrogen) atoms. The lowest BCUT2D eigenvalue weighted by atomic mass is 10.0. The van der Waals surface area contributed by atoms with E-state index in [0.29, 0.717) is 40.6 Å². The Balaban J connectivity index is 1.59. The lowest BCUT2D eigenvalue weighted by Crippen LogP contribution is -2.46. The molecule has 1 aliphatic rings. The molecule has 2 aromatic rings. The molecule has 0 spiro atoms. The summed E-state index contributed by atoms with van der Waals surface area (Å²) in [5, 5.41) is 13.9. The van der Waals surface area contributed by atoms with Gasteiger partial charge in [0.15, 0.2) is 0 Å². The molecular weight excluding hydrogens is 463 g/mol.